The summed E-state index contributed by atoms with van der Waals surface area (Å²) < 4.78 is 1.41. The van der Waals surface area contributed by atoms with Crippen LogP contribution in [0.2, 0.25) is 0 Å². The first kappa shape index (κ1) is 10.7. The number of benzene rings is 1. The van der Waals surface area contributed by atoms with Crippen molar-refractivity contribution in [2.45, 2.75) is 20.3 Å². The predicted octanol–water partition coefficient (Wildman–Crippen LogP) is 3.36. The maximum atomic E-state index is 3.37. The van der Waals surface area contributed by atoms with Crippen molar-refractivity contribution in [3.05, 3.63) is 34.7 Å². The lowest BCUT2D eigenvalue weighted by Crippen LogP contribution is -2.15. The van der Waals surface area contributed by atoms with E-state index in [9.17, 15) is 0 Å². The van der Waals surface area contributed by atoms with E-state index >= 15 is 0 Å². The molecule has 15 heavy (non-hydrogen) atoms. The summed E-state index contributed by atoms with van der Waals surface area (Å²) in [6, 6.07) is 6.71. The highest BCUT2D eigenvalue weighted by Gasteiger charge is 2.03. The van der Waals surface area contributed by atoms with Crippen LogP contribution in [0.3, 0.4) is 0 Å². The lowest BCUT2D eigenvalue weighted by molar-refractivity contribution is 0.719. The largest absolute Gasteiger partial charge is 0.317 e. The third kappa shape index (κ3) is 2.39. The van der Waals surface area contributed by atoms with Gasteiger partial charge < -0.3 is 5.32 Å². The molecular weight excluding hydrogens is 202 g/mol. The lowest BCUT2D eigenvalue weighted by Gasteiger charge is -2.01. The van der Waals surface area contributed by atoms with Crippen LogP contribution in [0.1, 0.15) is 18.1 Å². The number of fused-ring (bicyclic) bond motifs is 1. The standard InChI is InChI=1S/C13H17NS/c1-3-14-7-6-11-9-15-13-5-4-10(2)8-12(11)13/h4-5,8-9,14H,3,6-7H2,1-2H3. The third-order valence-corrected chi connectivity index (χ3v) is 3.64. The molecule has 1 aromatic heterocycles. The second-order valence-corrected chi connectivity index (χ2v) is 4.78. The van der Waals surface area contributed by atoms with E-state index in [1.807, 2.05) is 11.3 Å². The van der Waals surface area contributed by atoms with E-state index < -0.39 is 0 Å². The van der Waals surface area contributed by atoms with Crippen molar-refractivity contribution < 1.29 is 0 Å². The van der Waals surface area contributed by atoms with Gasteiger partial charge in [0.25, 0.3) is 0 Å². The molecule has 0 bridgehead atoms. The van der Waals surface area contributed by atoms with Gasteiger partial charge in [0.15, 0.2) is 0 Å². The normalized spacial score (nSPS) is 11.1. The minimum atomic E-state index is 1.06. The highest BCUT2D eigenvalue weighted by molar-refractivity contribution is 7.17. The Hall–Kier alpha value is -0.860. The van der Waals surface area contributed by atoms with Crippen molar-refractivity contribution in [3.8, 4) is 0 Å². The zero-order valence-electron chi connectivity index (χ0n) is 9.34. The molecule has 0 saturated heterocycles. The monoisotopic (exact) mass is 219 g/mol. The Morgan fingerprint density at radius 1 is 1.33 bits per heavy atom. The van der Waals surface area contributed by atoms with Gasteiger partial charge in [-0.15, -0.1) is 11.3 Å². The number of hydrogen-bond acceptors (Lipinski definition) is 2. The van der Waals surface area contributed by atoms with Crippen LogP contribution < -0.4 is 5.32 Å². The van der Waals surface area contributed by atoms with Crippen molar-refractivity contribution in [1.82, 2.24) is 5.32 Å². The Bertz CT molecular complexity index is 445. The maximum absolute atomic E-state index is 3.37. The average Bonchev–Trinajstić information content (AvgIpc) is 2.62. The second kappa shape index (κ2) is 4.77. The quantitative estimate of drug-likeness (QED) is 0.777. The number of thiophene rings is 1. The molecule has 0 radical (unpaired) electrons. The fourth-order valence-corrected chi connectivity index (χ4v) is 2.77. The van der Waals surface area contributed by atoms with Crippen LogP contribution in [0.25, 0.3) is 10.1 Å². The number of nitrogens with one attached hydrogen (secondary N) is 1. The van der Waals surface area contributed by atoms with Gasteiger partial charge in [-0.25, -0.2) is 0 Å². The predicted molar refractivity (Wildman–Crippen MR) is 68.8 cm³/mol. The molecular formula is C13H17NS. The summed E-state index contributed by atoms with van der Waals surface area (Å²) in [5.41, 5.74) is 2.84. The Labute approximate surface area is 95.1 Å². The third-order valence-electron chi connectivity index (χ3n) is 2.63. The minimum Gasteiger partial charge on any atom is -0.317 e. The van der Waals surface area contributed by atoms with Crippen LogP contribution in [-0.2, 0) is 6.42 Å². The van der Waals surface area contributed by atoms with E-state index in [0.29, 0.717) is 0 Å². The zero-order valence-corrected chi connectivity index (χ0v) is 10.2. The van der Waals surface area contributed by atoms with Gasteiger partial charge in [-0.1, -0.05) is 24.6 Å². The first-order valence-corrected chi connectivity index (χ1v) is 6.36. The maximum Gasteiger partial charge on any atom is 0.0345 e. The molecule has 0 amide bonds. The Kier molecular flexibility index (Phi) is 3.39. The molecule has 0 fully saturated rings. The van der Waals surface area contributed by atoms with Gasteiger partial charge in [0.2, 0.25) is 0 Å². The van der Waals surface area contributed by atoms with E-state index in [2.05, 4.69) is 42.7 Å². The van der Waals surface area contributed by atoms with Gasteiger partial charge in [0.1, 0.15) is 0 Å². The van der Waals surface area contributed by atoms with Crippen molar-refractivity contribution in [2.24, 2.45) is 0 Å². The molecule has 0 saturated carbocycles. The van der Waals surface area contributed by atoms with Crippen molar-refractivity contribution >= 4 is 21.4 Å². The first-order chi connectivity index (χ1) is 7.31. The highest BCUT2D eigenvalue weighted by Crippen LogP contribution is 2.26. The number of rotatable bonds is 4. The van der Waals surface area contributed by atoms with Gasteiger partial charge in [0, 0.05) is 4.70 Å². The zero-order chi connectivity index (χ0) is 10.7. The summed E-state index contributed by atoms with van der Waals surface area (Å²) in [6.45, 7) is 6.44. The SMILES string of the molecule is CCNCCc1csc2ccc(C)cc12. The molecule has 2 rings (SSSR count). The smallest absolute Gasteiger partial charge is 0.0345 e. The molecule has 0 spiro atoms. The van der Waals surface area contributed by atoms with Crippen molar-refractivity contribution in [2.75, 3.05) is 13.1 Å². The van der Waals surface area contributed by atoms with Crippen LogP contribution in [0, 0.1) is 6.92 Å². The summed E-state index contributed by atoms with van der Waals surface area (Å²) in [7, 11) is 0. The Morgan fingerprint density at radius 3 is 3.00 bits per heavy atom. The summed E-state index contributed by atoms with van der Waals surface area (Å²) in [4.78, 5) is 0. The van der Waals surface area contributed by atoms with Gasteiger partial charge >= 0.3 is 0 Å². The first-order valence-electron chi connectivity index (χ1n) is 5.48. The average molecular weight is 219 g/mol. The lowest BCUT2D eigenvalue weighted by atomic mass is 10.1. The fraction of sp³-hybridized carbons (Fsp3) is 0.385. The van der Waals surface area contributed by atoms with Crippen LogP contribution in [0.4, 0.5) is 0 Å². The number of aryl methyl sites for hydroxylation is 1. The van der Waals surface area contributed by atoms with E-state index in [0.717, 1.165) is 19.5 Å². The Morgan fingerprint density at radius 2 is 2.20 bits per heavy atom. The summed E-state index contributed by atoms with van der Waals surface area (Å²) >= 11 is 1.85. The van der Waals surface area contributed by atoms with Crippen molar-refractivity contribution in [3.63, 3.8) is 0 Å². The fourth-order valence-electron chi connectivity index (χ4n) is 1.79. The van der Waals surface area contributed by atoms with Crippen LogP contribution in [0.15, 0.2) is 23.6 Å². The van der Waals surface area contributed by atoms with Gasteiger partial charge in [0.05, 0.1) is 0 Å². The minimum absolute atomic E-state index is 1.06. The second-order valence-electron chi connectivity index (χ2n) is 3.86. The molecule has 1 heterocycles. The molecule has 2 heteroatoms. The van der Waals surface area contributed by atoms with Crippen LogP contribution in [0.5, 0.6) is 0 Å². The Balaban J connectivity index is 2.23. The molecule has 0 atom stereocenters. The molecule has 0 aliphatic heterocycles. The van der Waals surface area contributed by atoms with Crippen LogP contribution in [-0.4, -0.2) is 13.1 Å². The van der Waals surface area contributed by atoms with E-state index in [-0.39, 0.29) is 0 Å². The van der Waals surface area contributed by atoms with Gasteiger partial charge in [-0.05, 0) is 48.8 Å². The van der Waals surface area contributed by atoms with E-state index in [1.54, 1.807) is 0 Å². The summed E-state index contributed by atoms with van der Waals surface area (Å²) in [6.07, 6.45) is 1.14. The molecule has 0 aliphatic carbocycles. The summed E-state index contributed by atoms with van der Waals surface area (Å²) in [5, 5.41) is 7.11. The molecule has 80 valence electrons. The number of likely N-dealkylation sites (N-methyl/N-ethyl adjacent to an activating group) is 1. The molecule has 1 nitrogen and oxygen atoms in total. The molecule has 1 aromatic carbocycles. The molecule has 2 aromatic rings. The number of hydrogen-bond donors (Lipinski definition) is 1. The van der Waals surface area contributed by atoms with Crippen LogP contribution >= 0.6 is 11.3 Å². The molecule has 1 N–H and O–H groups in total. The van der Waals surface area contributed by atoms with E-state index in [4.69, 9.17) is 0 Å². The molecule has 0 aliphatic rings. The van der Waals surface area contributed by atoms with Gasteiger partial charge in [-0.2, -0.15) is 0 Å². The summed E-state index contributed by atoms with van der Waals surface area (Å²) in [5.74, 6) is 0. The highest BCUT2D eigenvalue weighted by atomic mass is 32.1. The van der Waals surface area contributed by atoms with Gasteiger partial charge in [-0.3, -0.25) is 0 Å². The topological polar surface area (TPSA) is 12.0 Å². The molecule has 0 unspecified atom stereocenters. The van der Waals surface area contributed by atoms with Crippen molar-refractivity contribution in [1.29, 1.82) is 0 Å². The van der Waals surface area contributed by atoms with E-state index in [1.165, 1.54) is 21.2 Å².